The van der Waals surface area contributed by atoms with E-state index in [1.165, 1.54) is 12.1 Å². The van der Waals surface area contributed by atoms with Gasteiger partial charge in [0.1, 0.15) is 0 Å². The summed E-state index contributed by atoms with van der Waals surface area (Å²) in [6.45, 7) is 0. The van der Waals surface area contributed by atoms with Crippen molar-refractivity contribution in [3.63, 3.8) is 0 Å². The van der Waals surface area contributed by atoms with Crippen LogP contribution >= 0.6 is 0 Å². The van der Waals surface area contributed by atoms with Crippen LogP contribution in [0, 0.1) is 0 Å². The van der Waals surface area contributed by atoms with Crippen molar-refractivity contribution < 1.29 is 4.79 Å². The molecule has 0 aliphatic rings. The van der Waals surface area contributed by atoms with E-state index in [9.17, 15) is 9.59 Å². The Hall–Kier alpha value is -2.89. The van der Waals surface area contributed by atoms with Crippen LogP contribution in [0.3, 0.4) is 0 Å². The minimum atomic E-state index is -0.313. The zero-order valence-electron chi connectivity index (χ0n) is 9.81. The first-order chi connectivity index (χ1) is 9.22. The molecule has 19 heavy (non-hydrogen) atoms. The number of benzene rings is 1. The van der Waals surface area contributed by atoms with E-state index in [2.05, 4.69) is 20.5 Å². The molecule has 1 aromatic carbocycles. The molecule has 0 radical (unpaired) electrons. The number of anilines is 1. The van der Waals surface area contributed by atoms with Gasteiger partial charge in [0.05, 0.1) is 0 Å². The van der Waals surface area contributed by atoms with Gasteiger partial charge in [-0.25, -0.2) is 5.10 Å². The summed E-state index contributed by atoms with van der Waals surface area (Å²) in [6, 6.07) is 9.99. The highest BCUT2D eigenvalue weighted by Gasteiger charge is 2.07. The van der Waals surface area contributed by atoms with Gasteiger partial charge in [-0.1, -0.05) is 0 Å². The van der Waals surface area contributed by atoms with Crippen LogP contribution in [0.25, 0.3) is 10.9 Å². The quantitative estimate of drug-likeness (QED) is 0.647. The average Bonchev–Trinajstić information content (AvgIpc) is 2.88. The maximum absolute atomic E-state index is 12.0. The number of hydrogen-bond donors (Lipinski definition) is 3. The van der Waals surface area contributed by atoms with Gasteiger partial charge in [0.25, 0.3) is 11.5 Å². The van der Waals surface area contributed by atoms with E-state index in [0.29, 0.717) is 11.4 Å². The zero-order valence-corrected chi connectivity index (χ0v) is 9.81. The van der Waals surface area contributed by atoms with Crippen LogP contribution in [-0.2, 0) is 0 Å². The Morgan fingerprint density at radius 1 is 1.16 bits per heavy atom. The van der Waals surface area contributed by atoms with Crippen molar-refractivity contribution in [3.8, 4) is 0 Å². The maximum Gasteiger partial charge on any atom is 0.264 e. The molecule has 0 atom stereocenters. The number of aromatic amines is 2. The first kappa shape index (κ1) is 11.2. The number of amides is 1. The van der Waals surface area contributed by atoms with Gasteiger partial charge in [0.2, 0.25) is 0 Å². The third-order valence-electron chi connectivity index (χ3n) is 2.74. The number of carbonyl (C=O) groups is 1. The van der Waals surface area contributed by atoms with E-state index < -0.39 is 0 Å². The number of aromatic nitrogens is 3. The van der Waals surface area contributed by atoms with Crippen molar-refractivity contribution in [1.82, 2.24) is 15.2 Å². The molecule has 0 saturated heterocycles. The molecule has 3 N–H and O–H groups in total. The van der Waals surface area contributed by atoms with Gasteiger partial charge in [0, 0.05) is 28.7 Å². The van der Waals surface area contributed by atoms with Gasteiger partial charge in [0.15, 0.2) is 5.82 Å². The van der Waals surface area contributed by atoms with Gasteiger partial charge in [-0.05, 0) is 30.3 Å². The number of hydrogen-bond acceptors (Lipinski definition) is 3. The van der Waals surface area contributed by atoms with E-state index in [-0.39, 0.29) is 11.5 Å². The average molecular weight is 254 g/mol. The van der Waals surface area contributed by atoms with Crippen molar-refractivity contribution in [2.24, 2.45) is 0 Å². The first-order valence-electron chi connectivity index (χ1n) is 5.66. The Balaban J connectivity index is 1.86. The van der Waals surface area contributed by atoms with E-state index in [1.807, 2.05) is 18.3 Å². The predicted molar refractivity (Wildman–Crippen MR) is 71.1 cm³/mol. The Labute approximate surface area is 107 Å². The summed E-state index contributed by atoms with van der Waals surface area (Å²) >= 11 is 0. The number of rotatable bonds is 2. The molecule has 0 saturated carbocycles. The van der Waals surface area contributed by atoms with Crippen LogP contribution in [0.5, 0.6) is 0 Å². The molecule has 6 nitrogen and oxygen atoms in total. The fraction of sp³-hybridized carbons (Fsp3) is 0. The summed E-state index contributed by atoms with van der Waals surface area (Å²) in [5, 5.41) is 9.55. The van der Waals surface area contributed by atoms with Crippen LogP contribution in [-0.4, -0.2) is 21.1 Å². The molecule has 3 aromatic rings. The van der Waals surface area contributed by atoms with Crippen molar-refractivity contribution in [2.45, 2.75) is 0 Å². The lowest BCUT2D eigenvalue weighted by Gasteiger charge is -2.03. The van der Waals surface area contributed by atoms with Gasteiger partial charge < -0.3 is 10.3 Å². The normalized spacial score (nSPS) is 10.5. The number of H-pyrrole nitrogens is 2. The number of carbonyl (C=O) groups excluding carboxylic acids is 1. The Morgan fingerprint density at radius 2 is 2.05 bits per heavy atom. The van der Waals surface area contributed by atoms with E-state index >= 15 is 0 Å². The monoisotopic (exact) mass is 254 g/mol. The second kappa shape index (κ2) is 4.41. The highest BCUT2D eigenvalue weighted by atomic mass is 16.2. The fourth-order valence-electron chi connectivity index (χ4n) is 1.80. The fourth-order valence-corrected chi connectivity index (χ4v) is 1.80. The first-order valence-corrected chi connectivity index (χ1v) is 5.66. The summed E-state index contributed by atoms with van der Waals surface area (Å²) < 4.78 is 0. The van der Waals surface area contributed by atoms with Crippen LogP contribution in [0.2, 0.25) is 0 Å². The smallest absolute Gasteiger partial charge is 0.264 e. The van der Waals surface area contributed by atoms with Gasteiger partial charge in [-0.15, -0.1) is 0 Å². The van der Waals surface area contributed by atoms with Crippen LogP contribution in [0.15, 0.2) is 47.4 Å². The van der Waals surface area contributed by atoms with Crippen LogP contribution < -0.4 is 10.9 Å². The standard InChI is InChI=1S/C13H10N4O2/c18-12-4-3-11(16-17-12)15-13(19)9-1-2-10-8(7-9)5-6-14-10/h1-7,14H,(H,17,18)(H,15,16,19). The van der Waals surface area contributed by atoms with Gasteiger partial charge in [-0.2, -0.15) is 5.10 Å². The van der Waals surface area contributed by atoms with Crippen LogP contribution in [0.4, 0.5) is 5.82 Å². The highest BCUT2D eigenvalue weighted by Crippen LogP contribution is 2.15. The number of nitrogens with zero attached hydrogens (tertiary/aromatic N) is 1. The Morgan fingerprint density at radius 3 is 2.84 bits per heavy atom. The lowest BCUT2D eigenvalue weighted by Crippen LogP contribution is -2.15. The number of nitrogens with one attached hydrogen (secondary N) is 3. The number of fused-ring (bicyclic) bond motifs is 1. The molecule has 0 spiro atoms. The molecule has 0 unspecified atom stereocenters. The van der Waals surface area contributed by atoms with E-state index in [4.69, 9.17) is 0 Å². The zero-order chi connectivity index (χ0) is 13.2. The minimum Gasteiger partial charge on any atom is -0.361 e. The predicted octanol–water partition coefficient (Wildman–Crippen LogP) is 1.50. The lowest BCUT2D eigenvalue weighted by atomic mass is 10.1. The summed E-state index contributed by atoms with van der Waals surface area (Å²) in [6.07, 6.45) is 1.82. The summed E-state index contributed by atoms with van der Waals surface area (Å²) in [7, 11) is 0. The molecular weight excluding hydrogens is 244 g/mol. The summed E-state index contributed by atoms with van der Waals surface area (Å²) in [5.74, 6) is 0.0291. The largest absolute Gasteiger partial charge is 0.361 e. The highest BCUT2D eigenvalue weighted by molar-refractivity contribution is 6.05. The molecule has 94 valence electrons. The molecule has 0 bridgehead atoms. The van der Waals surface area contributed by atoms with Gasteiger partial charge in [-0.3, -0.25) is 9.59 Å². The van der Waals surface area contributed by atoms with E-state index in [0.717, 1.165) is 10.9 Å². The minimum absolute atomic E-state index is 0.275. The Kier molecular flexibility index (Phi) is 2.60. The maximum atomic E-state index is 12.0. The molecule has 1 amide bonds. The van der Waals surface area contributed by atoms with Crippen molar-refractivity contribution in [2.75, 3.05) is 5.32 Å². The van der Waals surface area contributed by atoms with Crippen molar-refractivity contribution in [1.29, 1.82) is 0 Å². The molecular formula is C13H10N4O2. The lowest BCUT2D eigenvalue weighted by molar-refractivity contribution is 0.102. The Bertz CT molecular complexity index is 783. The molecule has 0 aliphatic carbocycles. The van der Waals surface area contributed by atoms with Crippen LogP contribution in [0.1, 0.15) is 10.4 Å². The second-order valence-corrected chi connectivity index (χ2v) is 4.04. The molecule has 0 aliphatic heterocycles. The molecule has 0 fully saturated rings. The summed E-state index contributed by atoms with van der Waals surface area (Å²) in [5.41, 5.74) is 1.19. The SMILES string of the molecule is O=C(Nc1ccc(=O)[nH]n1)c1ccc2[nH]ccc2c1. The molecule has 3 rings (SSSR count). The topological polar surface area (TPSA) is 90.6 Å². The second-order valence-electron chi connectivity index (χ2n) is 4.04. The molecule has 6 heteroatoms. The van der Waals surface area contributed by atoms with Crippen molar-refractivity contribution >= 4 is 22.6 Å². The summed E-state index contributed by atoms with van der Waals surface area (Å²) in [4.78, 5) is 25.9. The van der Waals surface area contributed by atoms with Gasteiger partial charge >= 0.3 is 0 Å². The molecule has 2 heterocycles. The third-order valence-corrected chi connectivity index (χ3v) is 2.74. The van der Waals surface area contributed by atoms with E-state index in [1.54, 1.807) is 12.1 Å². The third kappa shape index (κ3) is 2.23. The molecule has 2 aromatic heterocycles. The van der Waals surface area contributed by atoms with Crippen molar-refractivity contribution in [3.05, 3.63) is 58.5 Å².